The van der Waals surface area contributed by atoms with Crippen LogP contribution in [0.25, 0.3) is 11.0 Å². The highest BCUT2D eigenvalue weighted by Gasteiger charge is 2.29. The Hall–Kier alpha value is -3.13. The van der Waals surface area contributed by atoms with Gasteiger partial charge in [-0.1, -0.05) is 31.4 Å². The fraction of sp³-hybridized carbons (Fsp3) is 0.429. The van der Waals surface area contributed by atoms with Crippen LogP contribution in [-0.2, 0) is 5.75 Å². The van der Waals surface area contributed by atoms with E-state index in [-0.39, 0.29) is 11.8 Å². The van der Waals surface area contributed by atoms with Crippen LogP contribution in [0.2, 0.25) is 0 Å². The number of rotatable bonds is 6. The van der Waals surface area contributed by atoms with Crippen LogP contribution in [0.1, 0.15) is 84.6 Å². The molecule has 8 heteroatoms. The Kier molecular flexibility index (Phi) is 6.77. The zero-order valence-corrected chi connectivity index (χ0v) is 21.3. The molecule has 7 nitrogen and oxygen atoms in total. The van der Waals surface area contributed by atoms with Crippen LogP contribution < -0.4 is 0 Å². The van der Waals surface area contributed by atoms with Crippen molar-refractivity contribution in [3.05, 3.63) is 71.6 Å². The maximum Gasteiger partial charge on any atom is 0.253 e. The molecule has 2 aromatic carbocycles. The summed E-state index contributed by atoms with van der Waals surface area (Å²) in [6, 6.07) is 16.0. The van der Waals surface area contributed by atoms with Crippen LogP contribution in [0.5, 0.6) is 0 Å². The summed E-state index contributed by atoms with van der Waals surface area (Å²) in [5, 5.41) is 7.78. The minimum Gasteiger partial charge on any atom is -0.341 e. The number of piperidine rings is 1. The van der Waals surface area contributed by atoms with E-state index in [1.165, 1.54) is 32.1 Å². The number of fused-ring (bicyclic) bond motifs is 1. The van der Waals surface area contributed by atoms with Gasteiger partial charge in [0.25, 0.3) is 5.91 Å². The van der Waals surface area contributed by atoms with Crippen LogP contribution >= 0.6 is 11.8 Å². The number of aromatic amines is 2. The number of nitrogens with one attached hydrogen (secondary N) is 2. The van der Waals surface area contributed by atoms with E-state index >= 15 is 0 Å². The molecule has 1 saturated carbocycles. The maximum atomic E-state index is 13.3. The molecule has 1 amide bonds. The molecule has 1 saturated heterocycles. The van der Waals surface area contributed by atoms with Crippen molar-refractivity contribution < 1.29 is 4.79 Å². The lowest BCUT2D eigenvalue weighted by atomic mass is 9.89. The number of carbonyl (C=O) groups excluding carboxylic acids is 1. The zero-order chi connectivity index (χ0) is 24.3. The first-order valence-corrected chi connectivity index (χ1v) is 14.1. The van der Waals surface area contributed by atoms with Gasteiger partial charge in [0.15, 0.2) is 5.82 Å². The zero-order valence-electron chi connectivity index (χ0n) is 20.4. The van der Waals surface area contributed by atoms with E-state index in [1.54, 1.807) is 11.8 Å². The Morgan fingerprint density at radius 2 is 1.75 bits per heavy atom. The smallest absolute Gasteiger partial charge is 0.253 e. The van der Waals surface area contributed by atoms with Crippen molar-refractivity contribution in [2.75, 3.05) is 13.1 Å². The average molecular weight is 501 g/mol. The van der Waals surface area contributed by atoms with Gasteiger partial charge in [0.2, 0.25) is 0 Å². The van der Waals surface area contributed by atoms with Crippen LogP contribution in [0.4, 0.5) is 0 Å². The average Bonchev–Trinajstić information content (AvgIpc) is 3.60. The van der Waals surface area contributed by atoms with Gasteiger partial charge in [0.1, 0.15) is 11.6 Å². The van der Waals surface area contributed by atoms with Gasteiger partial charge in [-0.25, -0.2) is 9.97 Å². The number of likely N-dealkylation sites (tertiary alicyclic amines) is 1. The second kappa shape index (κ2) is 10.5. The molecule has 0 spiro atoms. The third-order valence-corrected chi connectivity index (χ3v) is 8.52. The standard InChI is InChI=1S/C28H32N6OS/c35-28(20-12-14-22(15-13-20)36-18-25-29-23-10-4-5-11-24(23)30-25)34-16-6-9-21(17-34)27-31-26(32-33-27)19-7-2-1-3-8-19/h4-5,10-15,19,21H,1-3,6-9,16-18H2,(H,29,30)(H,31,32,33). The quantitative estimate of drug-likeness (QED) is 0.315. The lowest BCUT2D eigenvalue weighted by Gasteiger charge is -2.31. The molecule has 186 valence electrons. The topological polar surface area (TPSA) is 90.6 Å². The molecule has 1 unspecified atom stereocenters. The summed E-state index contributed by atoms with van der Waals surface area (Å²) in [5.74, 6) is 4.46. The van der Waals surface area contributed by atoms with Gasteiger partial charge in [0.05, 0.1) is 16.8 Å². The van der Waals surface area contributed by atoms with Crippen molar-refractivity contribution in [1.82, 2.24) is 30.0 Å². The number of imidazole rings is 1. The van der Waals surface area contributed by atoms with Crippen LogP contribution in [0.3, 0.4) is 0 Å². The lowest BCUT2D eigenvalue weighted by molar-refractivity contribution is 0.0704. The highest BCUT2D eigenvalue weighted by atomic mass is 32.2. The molecule has 1 aliphatic heterocycles. The van der Waals surface area contributed by atoms with Crippen molar-refractivity contribution in [2.24, 2.45) is 0 Å². The molecular formula is C28H32N6OS. The van der Waals surface area contributed by atoms with Crippen LogP contribution in [0, 0.1) is 0 Å². The van der Waals surface area contributed by atoms with E-state index in [2.05, 4.69) is 20.2 Å². The first kappa shape index (κ1) is 23.3. The molecule has 2 aromatic heterocycles. The number of hydrogen-bond donors (Lipinski definition) is 2. The van der Waals surface area contributed by atoms with Crippen LogP contribution in [-0.4, -0.2) is 49.0 Å². The molecule has 0 radical (unpaired) electrons. The number of thioether (sulfide) groups is 1. The second-order valence-corrected chi connectivity index (χ2v) is 11.1. The predicted octanol–water partition coefficient (Wildman–Crippen LogP) is 6.04. The maximum absolute atomic E-state index is 13.3. The molecule has 4 aromatic rings. The predicted molar refractivity (Wildman–Crippen MR) is 142 cm³/mol. The molecular weight excluding hydrogens is 468 g/mol. The van der Waals surface area contributed by atoms with Gasteiger partial charge < -0.3 is 9.88 Å². The van der Waals surface area contributed by atoms with Crippen molar-refractivity contribution in [2.45, 2.75) is 67.4 Å². The number of carbonyl (C=O) groups is 1. The number of nitrogens with zero attached hydrogens (tertiary/aromatic N) is 4. The monoisotopic (exact) mass is 500 g/mol. The summed E-state index contributed by atoms with van der Waals surface area (Å²) < 4.78 is 0. The molecule has 2 fully saturated rings. The molecule has 2 N–H and O–H groups in total. The van der Waals surface area contributed by atoms with E-state index in [9.17, 15) is 4.79 Å². The normalized spacial score (nSPS) is 19.1. The number of H-pyrrole nitrogens is 2. The lowest BCUT2D eigenvalue weighted by Crippen LogP contribution is -2.39. The fourth-order valence-corrected chi connectivity index (χ4v) is 6.27. The van der Waals surface area contributed by atoms with Crippen LogP contribution in [0.15, 0.2) is 53.4 Å². The molecule has 6 rings (SSSR count). The highest BCUT2D eigenvalue weighted by molar-refractivity contribution is 7.98. The van der Waals surface area contributed by atoms with Crippen molar-refractivity contribution in [1.29, 1.82) is 0 Å². The molecule has 2 aliphatic rings. The van der Waals surface area contributed by atoms with E-state index in [1.807, 2.05) is 53.4 Å². The second-order valence-electron chi connectivity index (χ2n) is 10.0. The SMILES string of the molecule is O=C(c1ccc(SCc2nc3ccccc3[nH]2)cc1)N1CCCC(c2n[nH]c(C3CCCCC3)n2)C1. The molecule has 1 aliphatic carbocycles. The summed E-state index contributed by atoms with van der Waals surface area (Å²) in [5.41, 5.74) is 2.79. The Morgan fingerprint density at radius 1 is 0.944 bits per heavy atom. The van der Waals surface area contributed by atoms with Crippen molar-refractivity contribution in [3.8, 4) is 0 Å². The third-order valence-electron chi connectivity index (χ3n) is 7.50. The van der Waals surface area contributed by atoms with E-state index < -0.39 is 0 Å². The molecule has 1 atom stereocenters. The van der Waals surface area contributed by atoms with Gasteiger partial charge in [-0.05, 0) is 62.1 Å². The van der Waals surface area contributed by atoms with Gasteiger partial charge in [-0.2, -0.15) is 5.10 Å². The summed E-state index contributed by atoms with van der Waals surface area (Å²) in [6.07, 6.45) is 8.32. The Morgan fingerprint density at radius 3 is 2.58 bits per heavy atom. The Labute approximate surface area is 215 Å². The summed E-state index contributed by atoms with van der Waals surface area (Å²) >= 11 is 1.72. The number of aromatic nitrogens is 5. The van der Waals surface area contributed by atoms with Gasteiger partial charge >= 0.3 is 0 Å². The van der Waals surface area contributed by atoms with E-state index in [0.717, 1.165) is 64.1 Å². The summed E-state index contributed by atoms with van der Waals surface area (Å²) in [4.78, 5) is 29.3. The number of amides is 1. The molecule has 36 heavy (non-hydrogen) atoms. The minimum absolute atomic E-state index is 0.0940. The van der Waals surface area contributed by atoms with Gasteiger partial charge in [-0.3, -0.25) is 9.89 Å². The first-order valence-electron chi connectivity index (χ1n) is 13.1. The van der Waals surface area contributed by atoms with Gasteiger partial charge in [0, 0.05) is 35.4 Å². The highest BCUT2D eigenvalue weighted by Crippen LogP contribution is 2.32. The molecule has 3 heterocycles. The minimum atomic E-state index is 0.0940. The van der Waals surface area contributed by atoms with E-state index in [4.69, 9.17) is 4.98 Å². The van der Waals surface area contributed by atoms with Gasteiger partial charge in [-0.15, -0.1) is 11.8 Å². The summed E-state index contributed by atoms with van der Waals surface area (Å²) in [7, 11) is 0. The largest absolute Gasteiger partial charge is 0.341 e. The number of hydrogen-bond acceptors (Lipinski definition) is 5. The Balaban J connectivity index is 1.06. The number of benzene rings is 2. The molecule has 0 bridgehead atoms. The Bertz CT molecular complexity index is 1290. The van der Waals surface area contributed by atoms with E-state index in [0.29, 0.717) is 12.5 Å². The summed E-state index contributed by atoms with van der Waals surface area (Å²) in [6.45, 7) is 1.47. The fourth-order valence-electron chi connectivity index (χ4n) is 5.50. The first-order chi connectivity index (χ1) is 17.7. The third kappa shape index (κ3) is 5.05. The van der Waals surface area contributed by atoms with Crippen molar-refractivity contribution >= 4 is 28.7 Å². The van der Waals surface area contributed by atoms with Crippen molar-refractivity contribution in [3.63, 3.8) is 0 Å². The number of para-hydroxylation sites is 2.